The zero-order valence-electron chi connectivity index (χ0n) is 14.6. The molecule has 4 rings (SSSR count). The van der Waals surface area contributed by atoms with E-state index < -0.39 is 17.5 Å². The Balaban J connectivity index is 1.56. The van der Waals surface area contributed by atoms with Gasteiger partial charge in [-0.05, 0) is 37.5 Å². The van der Waals surface area contributed by atoms with Crippen LogP contribution in [0.25, 0.3) is 0 Å². The van der Waals surface area contributed by atoms with Crippen molar-refractivity contribution in [3.63, 3.8) is 0 Å². The SMILES string of the molecule is Cn1nc(C2CC3CC(O)(c4cn[nH]c4C(F)(F)F)CC3C2)c(C=O)c1N. The Morgan fingerprint density at radius 2 is 2.00 bits per heavy atom. The number of aliphatic hydroxyl groups is 1. The lowest BCUT2D eigenvalue weighted by atomic mass is 9.87. The van der Waals surface area contributed by atoms with Gasteiger partial charge in [-0.2, -0.15) is 23.4 Å². The summed E-state index contributed by atoms with van der Waals surface area (Å²) in [7, 11) is 1.66. The number of rotatable bonds is 3. The zero-order chi connectivity index (χ0) is 19.6. The molecule has 2 aliphatic carbocycles. The molecule has 2 aromatic heterocycles. The van der Waals surface area contributed by atoms with Gasteiger partial charge in [0.15, 0.2) is 6.29 Å². The number of nitrogens with one attached hydrogen (secondary N) is 1. The first-order valence-corrected chi connectivity index (χ1v) is 8.75. The van der Waals surface area contributed by atoms with Crippen LogP contribution in [0.3, 0.4) is 0 Å². The Morgan fingerprint density at radius 1 is 1.37 bits per heavy atom. The van der Waals surface area contributed by atoms with Gasteiger partial charge in [0.05, 0.1) is 23.1 Å². The number of hydrogen-bond acceptors (Lipinski definition) is 5. The van der Waals surface area contributed by atoms with E-state index in [-0.39, 0.29) is 36.2 Å². The number of nitrogen functional groups attached to an aromatic ring is 1. The molecule has 0 aromatic carbocycles. The summed E-state index contributed by atoms with van der Waals surface area (Å²) in [5.41, 5.74) is 4.18. The Kier molecular flexibility index (Phi) is 3.88. The van der Waals surface area contributed by atoms with E-state index in [0.29, 0.717) is 36.2 Å². The number of anilines is 1. The number of hydrogen-bond donors (Lipinski definition) is 3. The summed E-state index contributed by atoms with van der Waals surface area (Å²) >= 11 is 0. The van der Waals surface area contributed by atoms with Crippen LogP contribution in [0.1, 0.15) is 58.9 Å². The van der Waals surface area contributed by atoms with E-state index in [1.165, 1.54) is 4.68 Å². The number of alkyl halides is 3. The Hall–Kier alpha value is -2.36. The Labute approximate surface area is 152 Å². The van der Waals surface area contributed by atoms with Gasteiger partial charge in [0, 0.05) is 18.5 Å². The number of aryl methyl sites for hydroxylation is 1. The number of fused-ring (bicyclic) bond motifs is 1. The normalized spacial score (nSPS) is 30.6. The van der Waals surface area contributed by atoms with Crippen molar-refractivity contribution < 1.29 is 23.1 Å². The number of nitrogens with two attached hydrogens (primary N) is 1. The van der Waals surface area contributed by atoms with Crippen molar-refractivity contribution in [3.05, 3.63) is 28.7 Å². The second-order valence-electron chi connectivity index (χ2n) is 7.71. The third-order valence-electron chi connectivity index (χ3n) is 6.13. The van der Waals surface area contributed by atoms with Crippen molar-refractivity contribution >= 4 is 12.1 Å². The van der Waals surface area contributed by atoms with Crippen LogP contribution in [0, 0.1) is 11.8 Å². The van der Waals surface area contributed by atoms with Crippen LogP contribution < -0.4 is 5.73 Å². The molecule has 146 valence electrons. The third-order valence-corrected chi connectivity index (χ3v) is 6.13. The fourth-order valence-electron chi connectivity index (χ4n) is 4.96. The highest BCUT2D eigenvalue weighted by Crippen LogP contribution is 2.57. The average molecular weight is 383 g/mol. The van der Waals surface area contributed by atoms with Crippen molar-refractivity contribution in [2.24, 2.45) is 18.9 Å². The fraction of sp³-hybridized carbons (Fsp3) is 0.588. The average Bonchev–Trinajstić information content (AvgIpc) is 3.29. The van der Waals surface area contributed by atoms with Gasteiger partial charge < -0.3 is 10.8 Å². The number of carbonyl (C=O) groups excluding carboxylic acids is 1. The van der Waals surface area contributed by atoms with Crippen molar-refractivity contribution in [2.45, 2.75) is 43.4 Å². The Bertz CT molecular complexity index is 874. The van der Waals surface area contributed by atoms with E-state index in [1.54, 1.807) is 7.05 Å². The molecule has 10 heteroatoms. The van der Waals surface area contributed by atoms with Gasteiger partial charge in [0.25, 0.3) is 0 Å². The molecule has 27 heavy (non-hydrogen) atoms. The molecule has 0 amide bonds. The standard InChI is InChI=1S/C17H20F3N5O2/c1-25-15(21)11(7-26)13(24-25)8-2-9-4-16(27,5-10(9)3-8)12-6-22-23-14(12)17(18,19)20/h6-10,27H,2-5,21H2,1H3,(H,22,23). The van der Waals surface area contributed by atoms with Crippen LogP contribution in [0.5, 0.6) is 0 Å². The largest absolute Gasteiger partial charge is 0.433 e. The highest BCUT2D eigenvalue weighted by atomic mass is 19.4. The summed E-state index contributed by atoms with van der Waals surface area (Å²) < 4.78 is 41.0. The highest BCUT2D eigenvalue weighted by molar-refractivity contribution is 5.83. The van der Waals surface area contributed by atoms with Crippen LogP contribution in [0.15, 0.2) is 6.20 Å². The smallest absolute Gasteiger partial charge is 0.385 e. The number of aldehydes is 1. The van der Waals surface area contributed by atoms with E-state index in [1.807, 2.05) is 5.10 Å². The predicted octanol–water partition coefficient (Wildman–Crippen LogP) is 2.35. The van der Waals surface area contributed by atoms with Crippen LogP contribution in [0.2, 0.25) is 0 Å². The molecule has 0 saturated heterocycles. The molecule has 0 spiro atoms. The number of H-pyrrole nitrogens is 1. The number of aromatic amines is 1. The maximum Gasteiger partial charge on any atom is 0.433 e. The van der Waals surface area contributed by atoms with Gasteiger partial charge in [-0.3, -0.25) is 14.6 Å². The van der Waals surface area contributed by atoms with Crippen molar-refractivity contribution in [3.8, 4) is 0 Å². The molecule has 2 fully saturated rings. The van der Waals surface area contributed by atoms with E-state index in [2.05, 4.69) is 10.2 Å². The molecule has 2 unspecified atom stereocenters. The van der Waals surface area contributed by atoms with Crippen LogP contribution in [-0.2, 0) is 18.8 Å². The summed E-state index contributed by atoms with van der Waals surface area (Å²) in [4.78, 5) is 11.4. The second-order valence-corrected chi connectivity index (χ2v) is 7.71. The van der Waals surface area contributed by atoms with Crippen molar-refractivity contribution in [1.29, 1.82) is 0 Å². The summed E-state index contributed by atoms with van der Waals surface area (Å²) in [5.74, 6) is 0.430. The zero-order valence-corrected chi connectivity index (χ0v) is 14.6. The first-order chi connectivity index (χ1) is 12.6. The topological polar surface area (TPSA) is 110 Å². The Morgan fingerprint density at radius 3 is 2.56 bits per heavy atom. The van der Waals surface area contributed by atoms with Gasteiger partial charge in [-0.1, -0.05) is 0 Å². The van der Waals surface area contributed by atoms with Crippen molar-refractivity contribution in [1.82, 2.24) is 20.0 Å². The molecule has 0 radical (unpaired) electrons. The minimum Gasteiger partial charge on any atom is -0.385 e. The monoisotopic (exact) mass is 383 g/mol. The van der Waals surface area contributed by atoms with Gasteiger partial charge in [-0.15, -0.1) is 0 Å². The molecule has 2 saturated carbocycles. The number of nitrogens with zero attached hydrogens (tertiary/aromatic N) is 3. The molecule has 7 nitrogen and oxygen atoms in total. The summed E-state index contributed by atoms with van der Waals surface area (Å²) in [6.45, 7) is 0. The molecule has 2 aromatic rings. The number of halogens is 3. The number of aromatic nitrogens is 4. The lowest BCUT2D eigenvalue weighted by molar-refractivity contribution is -0.144. The summed E-state index contributed by atoms with van der Waals surface area (Å²) in [5, 5.41) is 20.8. The molecule has 0 bridgehead atoms. The van der Waals surface area contributed by atoms with Gasteiger partial charge >= 0.3 is 6.18 Å². The quantitative estimate of drug-likeness (QED) is 0.705. The maximum atomic E-state index is 13.2. The van der Waals surface area contributed by atoms with Crippen molar-refractivity contribution in [2.75, 3.05) is 5.73 Å². The molecule has 4 N–H and O–H groups in total. The molecule has 0 aliphatic heterocycles. The van der Waals surface area contributed by atoms with Gasteiger partial charge in [-0.25, -0.2) is 0 Å². The van der Waals surface area contributed by atoms with Crippen LogP contribution in [-0.4, -0.2) is 31.4 Å². The van der Waals surface area contributed by atoms with E-state index >= 15 is 0 Å². The third kappa shape index (κ3) is 2.73. The predicted molar refractivity (Wildman–Crippen MR) is 88.7 cm³/mol. The van der Waals surface area contributed by atoms with Gasteiger partial charge in [0.1, 0.15) is 11.5 Å². The summed E-state index contributed by atoms with van der Waals surface area (Å²) in [6.07, 6.45) is -1.04. The molecular formula is C17H20F3N5O2. The second kappa shape index (κ2) is 5.82. The van der Waals surface area contributed by atoms with Gasteiger partial charge in [0.2, 0.25) is 0 Å². The van der Waals surface area contributed by atoms with E-state index in [0.717, 1.165) is 6.20 Å². The minimum atomic E-state index is -4.59. The first kappa shape index (κ1) is 18.0. The van der Waals surface area contributed by atoms with Crippen LogP contribution in [0.4, 0.5) is 19.0 Å². The minimum absolute atomic E-state index is 0.0136. The molecule has 2 atom stereocenters. The summed E-state index contributed by atoms with van der Waals surface area (Å²) in [6, 6.07) is 0. The van der Waals surface area contributed by atoms with Crippen LogP contribution >= 0.6 is 0 Å². The van der Waals surface area contributed by atoms with E-state index in [4.69, 9.17) is 5.73 Å². The number of carbonyl (C=O) groups is 1. The highest BCUT2D eigenvalue weighted by Gasteiger charge is 2.53. The fourth-order valence-corrected chi connectivity index (χ4v) is 4.96. The molecular weight excluding hydrogens is 363 g/mol. The van der Waals surface area contributed by atoms with E-state index in [9.17, 15) is 23.1 Å². The maximum absolute atomic E-state index is 13.2. The first-order valence-electron chi connectivity index (χ1n) is 8.75. The molecule has 2 heterocycles. The molecule has 2 aliphatic rings. The lowest BCUT2D eigenvalue weighted by Crippen LogP contribution is -2.26. The lowest BCUT2D eigenvalue weighted by Gasteiger charge is -2.25.